The molecule has 0 aromatic carbocycles. The average Bonchev–Trinajstić information content (AvgIpc) is 2.61. The van der Waals surface area contributed by atoms with Crippen LogP contribution in [0.1, 0.15) is 0 Å². The molecule has 0 spiro atoms. The number of carboxylic acid groups (broad SMARTS) is 1. The number of aryl methyl sites for hydroxylation is 1. The van der Waals surface area contributed by atoms with Gasteiger partial charge in [-0.25, -0.2) is 17.9 Å². The van der Waals surface area contributed by atoms with Crippen molar-refractivity contribution in [3.05, 3.63) is 12.3 Å². The first-order chi connectivity index (χ1) is 7.34. The third-order valence-corrected chi connectivity index (χ3v) is 3.30. The Morgan fingerprint density at radius 2 is 2.31 bits per heavy atom. The van der Waals surface area contributed by atoms with Crippen LogP contribution in [0.3, 0.4) is 0 Å². The van der Waals surface area contributed by atoms with E-state index < -0.39 is 28.6 Å². The highest BCUT2D eigenvalue weighted by atomic mass is 32.2. The second kappa shape index (κ2) is 4.60. The number of carboxylic acids is 1. The van der Waals surface area contributed by atoms with E-state index in [9.17, 15) is 13.2 Å². The Morgan fingerprint density at radius 3 is 2.75 bits per heavy atom. The lowest BCUT2D eigenvalue weighted by molar-refractivity contribution is -0.146. The molecule has 0 fully saturated rings. The molecule has 0 saturated heterocycles. The third-order valence-electron chi connectivity index (χ3n) is 1.80. The van der Waals surface area contributed by atoms with E-state index in [4.69, 9.17) is 10.2 Å². The fourth-order valence-corrected chi connectivity index (χ4v) is 2.14. The van der Waals surface area contributed by atoms with Crippen LogP contribution in [0, 0.1) is 0 Å². The summed E-state index contributed by atoms with van der Waals surface area (Å²) < 4.78 is 26.2. The smallest absolute Gasteiger partial charge is 0.333 e. The predicted octanol–water partition coefficient (Wildman–Crippen LogP) is -1.86. The van der Waals surface area contributed by atoms with E-state index in [1.807, 2.05) is 4.72 Å². The van der Waals surface area contributed by atoms with E-state index in [0.29, 0.717) is 0 Å². The number of hydrogen-bond acceptors (Lipinski definition) is 5. The molecule has 0 aliphatic carbocycles. The summed E-state index contributed by atoms with van der Waals surface area (Å²) in [4.78, 5) is 10.3. The van der Waals surface area contributed by atoms with E-state index >= 15 is 0 Å². The normalized spacial score (nSPS) is 13.6. The van der Waals surface area contributed by atoms with Crippen molar-refractivity contribution in [1.29, 1.82) is 0 Å². The van der Waals surface area contributed by atoms with Crippen molar-refractivity contribution in [3.63, 3.8) is 0 Å². The quantitative estimate of drug-likeness (QED) is 0.563. The molecule has 1 aromatic rings. The number of nitrogens with one attached hydrogen (secondary N) is 1. The van der Waals surface area contributed by atoms with Crippen LogP contribution in [0.2, 0.25) is 0 Å². The van der Waals surface area contributed by atoms with E-state index in [1.54, 1.807) is 0 Å². The van der Waals surface area contributed by atoms with Gasteiger partial charge in [0, 0.05) is 13.6 Å². The van der Waals surface area contributed by atoms with Crippen molar-refractivity contribution in [3.8, 4) is 0 Å². The highest BCUT2D eigenvalue weighted by Crippen LogP contribution is 2.05. The fraction of sp³-hybridized carbons (Fsp3) is 0.429. The molecule has 0 bridgehead atoms. The topological polar surface area (TPSA) is 122 Å². The summed E-state index contributed by atoms with van der Waals surface area (Å²) in [5.41, 5.74) is 0. The van der Waals surface area contributed by atoms with Gasteiger partial charge in [-0.05, 0) is 6.07 Å². The fourth-order valence-electron chi connectivity index (χ4n) is 0.975. The molecule has 0 aliphatic heterocycles. The summed E-state index contributed by atoms with van der Waals surface area (Å²) in [6.45, 7) is -0.594. The number of aromatic nitrogens is 2. The molecule has 9 heteroatoms. The zero-order chi connectivity index (χ0) is 12.3. The first-order valence-electron chi connectivity index (χ1n) is 4.23. The molecule has 16 heavy (non-hydrogen) atoms. The van der Waals surface area contributed by atoms with Crippen LogP contribution < -0.4 is 4.72 Å². The number of nitrogens with zero attached hydrogens (tertiary/aromatic N) is 2. The van der Waals surface area contributed by atoms with Gasteiger partial charge < -0.3 is 10.2 Å². The van der Waals surface area contributed by atoms with Gasteiger partial charge in [-0.15, -0.1) is 0 Å². The molecule has 3 N–H and O–H groups in total. The second-order valence-electron chi connectivity index (χ2n) is 3.00. The van der Waals surface area contributed by atoms with Crippen LogP contribution in [0.4, 0.5) is 0 Å². The lowest BCUT2D eigenvalue weighted by Crippen LogP contribution is -2.37. The van der Waals surface area contributed by atoms with Gasteiger partial charge in [0.05, 0.1) is 6.20 Å². The largest absolute Gasteiger partial charge is 0.479 e. The zero-order valence-electron chi connectivity index (χ0n) is 8.36. The number of carbonyl (C=O) groups is 1. The van der Waals surface area contributed by atoms with Gasteiger partial charge >= 0.3 is 5.97 Å². The van der Waals surface area contributed by atoms with E-state index in [-0.39, 0.29) is 5.03 Å². The molecule has 1 unspecified atom stereocenters. The van der Waals surface area contributed by atoms with Crippen molar-refractivity contribution in [2.24, 2.45) is 7.05 Å². The van der Waals surface area contributed by atoms with Crippen LogP contribution in [0.5, 0.6) is 0 Å². The maximum absolute atomic E-state index is 11.6. The summed E-state index contributed by atoms with van der Waals surface area (Å²) >= 11 is 0. The van der Waals surface area contributed by atoms with Crippen LogP contribution in [0.25, 0.3) is 0 Å². The summed E-state index contributed by atoms with van der Waals surface area (Å²) in [5.74, 6) is -1.49. The van der Waals surface area contributed by atoms with Crippen LogP contribution >= 0.6 is 0 Å². The molecule has 0 saturated carbocycles. The van der Waals surface area contributed by atoms with Crippen molar-refractivity contribution in [2.75, 3.05) is 6.54 Å². The van der Waals surface area contributed by atoms with Gasteiger partial charge in [-0.2, -0.15) is 5.10 Å². The van der Waals surface area contributed by atoms with E-state index in [0.717, 1.165) is 4.68 Å². The minimum Gasteiger partial charge on any atom is -0.479 e. The first-order valence-corrected chi connectivity index (χ1v) is 5.71. The summed E-state index contributed by atoms with van der Waals surface area (Å²) in [6.07, 6.45) is -0.481. The summed E-state index contributed by atoms with van der Waals surface area (Å²) in [6, 6.07) is 1.26. The number of rotatable bonds is 5. The Balaban J connectivity index is 2.75. The zero-order valence-corrected chi connectivity index (χ0v) is 9.18. The number of aliphatic hydroxyl groups excluding tert-OH is 1. The van der Waals surface area contributed by atoms with Crippen molar-refractivity contribution in [2.45, 2.75) is 11.1 Å². The third kappa shape index (κ3) is 2.78. The van der Waals surface area contributed by atoms with Crippen LogP contribution in [-0.2, 0) is 21.9 Å². The Labute approximate surface area is 91.6 Å². The van der Waals surface area contributed by atoms with E-state index in [2.05, 4.69) is 5.10 Å². The standard InChI is InChI=1S/C7H11N3O5S/c1-10-6(2-3-8-10)16(14,15)9-4-5(11)7(12)13/h2-3,5,9,11H,4H2,1H3,(H,12,13). The molecule has 1 heterocycles. The summed E-state index contributed by atoms with van der Waals surface area (Å²) in [5, 5.41) is 20.8. The maximum Gasteiger partial charge on any atom is 0.333 e. The molecule has 1 atom stereocenters. The monoisotopic (exact) mass is 249 g/mol. The molecule has 0 aliphatic rings. The number of sulfonamides is 1. The Morgan fingerprint density at radius 1 is 1.69 bits per heavy atom. The lowest BCUT2D eigenvalue weighted by atomic mass is 10.4. The second-order valence-corrected chi connectivity index (χ2v) is 4.71. The molecule has 90 valence electrons. The molecular formula is C7H11N3O5S. The lowest BCUT2D eigenvalue weighted by Gasteiger charge is -2.08. The number of aliphatic hydroxyl groups is 1. The molecule has 0 amide bonds. The highest BCUT2D eigenvalue weighted by molar-refractivity contribution is 7.89. The number of hydrogen-bond donors (Lipinski definition) is 3. The molecule has 1 aromatic heterocycles. The van der Waals surface area contributed by atoms with Gasteiger partial charge in [0.25, 0.3) is 10.0 Å². The van der Waals surface area contributed by atoms with Crippen molar-refractivity contribution < 1.29 is 23.4 Å². The molecule has 8 nitrogen and oxygen atoms in total. The SMILES string of the molecule is Cn1nccc1S(=O)(=O)NCC(O)C(=O)O. The minimum atomic E-state index is -3.85. The van der Waals surface area contributed by atoms with Gasteiger partial charge in [0.1, 0.15) is 0 Å². The Bertz CT molecular complexity index is 480. The average molecular weight is 249 g/mol. The number of aliphatic carboxylic acids is 1. The minimum absolute atomic E-state index is 0.106. The van der Waals surface area contributed by atoms with Gasteiger partial charge in [-0.3, -0.25) is 4.68 Å². The van der Waals surface area contributed by atoms with Crippen LogP contribution in [0.15, 0.2) is 17.3 Å². The molecule has 0 radical (unpaired) electrons. The van der Waals surface area contributed by atoms with Crippen LogP contribution in [-0.4, -0.2) is 47.0 Å². The van der Waals surface area contributed by atoms with Crippen molar-refractivity contribution in [1.82, 2.24) is 14.5 Å². The Hall–Kier alpha value is -1.45. The first kappa shape index (κ1) is 12.6. The van der Waals surface area contributed by atoms with Gasteiger partial charge in [0.15, 0.2) is 11.1 Å². The van der Waals surface area contributed by atoms with E-state index in [1.165, 1.54) is 19.3 Å². The predicted molar refractivity (Wildman–Crippen MR) is 52.0 cm³/mol. The summed E-state index contributed by atoms with van der Waals surface area (Å²) in [7, 11) is -2.42. The highest BCUT2D eigenvalue weighted by Gasteiger charge is 2.21. The maximum atomic E-state index is 11.6. The molecule has 1 rings (SSSR count). The van der Waals surface area contributed by atoms with Crippen molar-refractivity contribution >= 4 is 16.0 Å². The van der Waals surface area contributed by atoms with Gasteiger partial charge in [0.2, 0.25) is 0 Å². The Kier molecular flexibility index (Phi) is 3.62. The van der Waals surface area contributed by atoms with Gasteiger partial charge in [-0.1, -0.05) is 0 Å². The molecular weight excluding hydrogens is 238 g/mol.